The molecule has 0 aliphatic rings. The highest BCUT2D eigenvalue weighted by Gasteiger charge is 2.10. The maximum absolute atomic E-state index is 11.9. The monoisotopic (exact) mass is 288 g/mol. The van der Waals surface area contributed by atoms with Crippen LogP contribution in [0.4, 0.5) is 5.95 Å². The van der Waals surface area contributed by atoms with E-state index in [1.807, 2.05) is 39.0 Å². The zero-order chi connectivity index (χ0) is 15.4. The van der Waals surface area contributed by atoms with Crippen LogP contribution in [0.25, 0.3) is 0 Å². The topological polar surface area (TPSA) is 69.0 Å². The van der Waals surface area contributed by atoms with Gasteiger partial charge in [-0.2, -0.15) is 10.1 Å². The molecule has 0 bridgehead atoms. The second kappa shape index (κ2) is 6.39. The van der Waals surface area contributed by atoms with Gasteiger partial charge >= 0.3 is 0 Å². The quantitative estimate of drug-likeness (QED) is 0.916. The van der Waals surface area contributed by atoms with Gasteiger partial charge in [0.1, 0.15) is 11.6 Å². The molecule has 1 aromatic carbocycles. The van der Waals surface area contributed by atoms with E-state index in [9.17, 15) is 4.79 Å². The fourth-order valence-corrected chi connectivity index (χ4v) is 1.88. The summed E-state index contributed by atoms with van der Waals surface area (Å²) in [4.78, 5) is 16.1. The molecule has 112 valence electrons. The molecule has 6 heteroatoms. The molecule has 6 nitrogen and oxygen atoms in total. The summed E-state index contributed by atoms with van der Waals surface area (Å²) in [6.07, 6.45) is 0. The number of nitrogens with zero attached hydrogens (tertiary/aromatic N) is 3. The Morgan fingerprint density at radius 3 is 2.71 bits per heavy atom. The van der Waals surface area contributed by atoms with Crippen molar-refractivity contribution in [1.82, 2.24) is 14.8 Å². The summed E-state index contributed by atoms with van der Waals surface area (Å²) in [6.45, 7) is 8.36. The van der Waals surface area contributed by atoms with E-state index in [0.29, 0.717) is 24.1 Å². The van der Waals surface area contributed by atoms with Gasteiger partial charge in [0.2, 0.25) is 5.95 Å². The van der Waals surface area contributed by atoms with Gasteiger partial charge in [0.25, 0.3) is 5.91 Å². The molecule has 2 aromatic rings. The first-order valence-corrected chi connectivity index (χ1v) is 6.91. The number of aryl methyl sites for hydroxylation is 4. The highest BCUT2D eigenvalue weighted by Crippen LogP contribution is 2.16. The lowest BCUT2D eigenvalue weighted by Gasteiger charge is -2.09. The molecular formula is C15H20N4O2. The van der Waals surface area contributed by atoms with Gasteiger partial charge in [-0.25, -0.2) is 4.68 Å². The van der Waals surface area contributed by atoms with Crippen LogP contribution in [0.3, 0.4) is 0 Å². The zero-order valence-corrected chi connectivity index (χ0v) is 12.8. The summed E-state index contributed by atoms with van der Waals surface area (Å²) in [5, 5.41) is 6.88. The van der Waals surface area contributed by atoms with Crippen LogP contribution in [0.15, 0.2) is 18.2 Å². The van der Waals surface area contributed by atoms with Crippen molar-refractivity contribution in [2.75, 3.05) is 11.9 Å². The van der Waals surface area contributed by atoms with Crippen LogP contribution < -0.4 is 10.1 Å². The number of carbonyl (C=O) groups excluding carboxylic acids is 1. The summed E-state index contributed by atoms with van der Waals surface area (Å²) in [7, 11) is 0. The van der Waals surface area contributed by atoms with E-state index in [1.54, 1.807) is 11.6 Å². The van der Waals surface area contributed by atoms with Gasteiger partial charge in [0.15, 0.2) is 6.61 Å². The third-order valence-corrected chi connectivity index (χ3v) is 3.18. The maximum Gasteiger partial charge on any atom is 0.264 e. The fourth-order valence-electron chi connectivity index (χ4n) is 1.88. The van der Waals surface area contributed by atoms with Crippen molar-refractivity contribution >= 4 is 11.9 Å². The summed E-state index contributed by atoms with van der Waals surface area (Å²) in [6, 6.07) is 5.75. The molecule has 1 aromatic heterocycles. The number of amides is 1. The normalized spacial score (nSPS) is 10.5. The summed E-state index contributed by atoms with van der Waals surface area (Å²) in [5.74, 6) is 1.50. The maximum atomic E-state index is 11.9. The van der Waals surface area contributed by atoms with Gasteiger partial charge in [0.05, 0.1) is 0 Å². The van der Waals surface area contributed by atoms with Crippen LogP contribution in [0.5, 0.6) is 5.75 Å². The highest BCUT2D eigenvalue weighted by molar-refractivity contribution is 5.90. The number of rotatable bonds is 5. The molecule has 0 radical (unpaired) electrons. The molecule has 2 rings (SSSR count). The highest BCUT2D eigenvalue weighted by atomic mass is 16.5. The molecule has 0 unspecified atom stereocenters. The molecule has 1 amide bonds. The predicted molar refractivity (Wildman–Crippen MR) is 80.5 cm³/mol. The van der Waals surface area contributed by atoms with Gasteiger partial charge < -0.3 is 4.74 Å². The lowest BCUT2D eigenvalue weighted by molar-refractivity contribution is -0.118. The minimum absolute atomic E-state index is 0.0574. The lowest BCUT2D eigenvalue weighted by Crippen LogP contribution is -2.22. The van der Waals surface area contributed by atoms with Gasteiger partial charge in [-0.3, -0.25) is 10.1 Å². The van der Waals surface area contributed by atoms with Gasteiger partial charge in [0, 0.05) is 6.54 Å². The molecule has 1 N–H and O–H groups in total. The van der Waals surface area contributed by atoms with E-state index in [-0.39, 0.29) is 12.5 Å². The third kappa shape index (κ3) is 3.81. The van der Waals surface area contributed by atoms with Crippen LogP contribution in [-0.4, -0.2) is 27.3 Å². The second-order valence-electron chi connectivity index (χ2n) is 4.88. The van der Waals surface area contributed by atoms with Crippen LogP contribution in [-0.2, 0) is 11.3 Å². The number of benzene rings is 1. The van der Waals surface area contributed by atoms with Crippen molar-refractivity contribution in [1.29, 1.82) is 0 Å². The molecule has 0 saturated carbocycles. The van der Waals surface area contributed by atoms with Crippen molar-refractivity contribution in [3.8, 4) is 5.75 Å². The van der Waals surface area contributed by atoms with Crippen molar-refractivity contribution in [3.05, 3.63) is 35.2 Å². The molecule has 0 spiro atoms. The molecule has 21 heavy (non-hydrogen) atoms. The smallest absolute Gasteiger partial charge is 0.264 e. The van der Waals surface area contributed by atoms with Crippen LogP contribution in [0.1, 0.15) is 23.9 Å². The average molecular weight is 288 g/mol. The first-order chi connectivity index (χ1) is 9.99. The predicted octanol–water partition coefficient (Wildman–Crippen LogP) is 2.24. The lowest BCUT2D eigenvalue weighted by atomic mass is 10.1. The standard InChI is InChI=1S/C15H20N4O2/c1-5-19-15(16-12(4)18-19)17-14(20)9-21-13-7-6-10(2)11(3)8-13/h6-8H,5,9H2,1-4H3,(H,16,17,18,20). The average Bonchev–Trinajstić information content (AvgIpc) is 2.80. The van der Waals surface area contributed by atoms with Crippen molar-refractivity contribution in [2.24, 2.45) is 0 Å². The fraction of sp³-hybridized carbons (Fsp3) is 0.400. The van der Waals surface area contributed by atoms with Gasteiger partial charge in [-0.15, -0.1) is 0 Å². The number of hydrogen-bond acceptors (Lipinski definition) is 4. The Labute approximate surface area is 124 Å². The number of nitrogens with one attached hydrogen (secondary N) is 1. The molecule has 0 aliphatic heterocycles. The van der Waals surface area contributed by atoms with Gasteiger partial charge in [-0.05, 0) is 51.0 Å². The summed E-state index contributed by atoms with van der Waals surface area (Å²) < 4.78 is 7.13. The van der Waals surface area contributed by atoms with E-state index >= 15 is 0 Å². The van der Waals surface area contributed by atoms with E-state index in [4.69, 9.17) is 4.74 Å². The molecule has 0 atom stereocenters. The Morgan fingerprint density at radius 1 is 1.29 bits per heavy atom. The van der Waals surface area contributed by atoms with Gasteiger partial charge in [-0.1, -0.05) is 6.07 Å². The Morgan fingerprint density at radius 2 is 2.05 bits per heavy atom. The summed E-state index contributed by atoms with van der Waals surface area (Å²) in [5.41, 5.74) is 2.33. The van der Waals surface area contributed by atoms with E-state index in [0.717, 1.165) is 5.56 Å². The van der Waals surface area contributed by atoms with Crippen molar-refractivity contribution < 1.29 is 9.53 Å². The third-order valence-electron chi connectivity index (χ3n) is 3.18. The minimum Gasteiger partial charge on any atom is -0.484 e. The number of anilines is 1. The van der Waals surface area contributed by atoms with Crippen molar-refractivity contribution in [3.63, 3.8) is 0 Å². The molecule has 0 saturated heterocycles. The van der Waals surface area contributed by atoms with E-state index in [1.165, 1.54) is 5.56 Å². The van der Waals surface area contributed by atoms with Crippen LogP contribution >= 0.6 is 0 Å². The molecular weight excluding hydrogens is 268 g/mol. The number of carbonyl (C=O) groups is 1. The minimum atomic E-state index is -0.254. The van der Waals surface area contributed by atoms with Crippen molar-refractivity contribution in [2.45, 2.75) is 34.2 Å². The molecule has 1 heterocycles. The van der Waals surface area contributed by atoms with Crippen LogP contribution in [0, 0.1) is 20.8 Å². The zero-order valence-electron chi connectivity index (χ0n) is 12.8. The number of aromatic nitrogens is 3. The Balaban J connectivity index is 1.94. The second-order valence-corrected chi connectivity index (χ2v) is 4.88. The SMILES string of the molecule is CCn1nc(C)nc1NC(=O)COc1ccc(C)c(C)c1. The molecule has 0 aliphatic carbocycles. The largest absolute Gasteiger partial charge is 0.484 e. The Bertz CT molecular complexity index is 649. The first-order valence-electron chi connectivity index (χ1n) is 6.91. The number of ether oxygens (including phenoxy) is 1. The first kappa shape index (κ1) is 15.0. The Kier molecular flexibility index (Phi) is 4.57. The number of hydrogen-bond donors (Lipinski definition) is 1. The molecule has 0 fully saturated rings. The van der Waals surface area contributed by atoms with E-state index < -0.39 is 0 Å². The summed E-state index contributed by atoms with van der Waals surface area (Å²) >= 11 is 0. The Hall–Kier alpha value is -2.37. The van der Waals surface area contributed by atoms with E-state index in [2.05, 4.69) is 15.4 Å². The van der Waals surface area contributed by atoms with Crippen LogP contribution in [0.2, 0.25) is 0 Å².